The molecular formula is C77H83BN2. The minimum absolute atomic E-state index is 0.0106. The van der Waals surface area contributed by atoms with Gasteiger partial charge >= 0.3 is 0 Å². The molecule has 0 N–H and O–H groups in total. The smallest absolute Gasteiger partial charge is 0.252 e. The molecule has 0 fully saturated rings. The number of rotatable bonds is 18. The standard InChI is InChI=1S/C77H83BN2/c1-10-13-19-30-54-41-44-60(45-42-54)66-53-62(77(7,8)9)52-65(59-37-26-18-27-38-59)75(66)79-69-40-29-28-39-67(69)78-68-47-55(31-20-14-11-2)43-46-70(68)80(72-49-56(32-21-15-12-3)48-71(79)73(72)78)74-63(57-33-22-16-23-34-57)50-61(76(4,5)6)51-64(74)58-35-24-17-25-36-58/h16-18,22-29,33-53H,10-15,19-21,30-32H2,1-9H3. The summed E-state index contributed by atoms with van der Waals surface area (Å²) < 4.78 is 0. The van der Waals surface area contributed by atoms with Crippen LogP contribution in [0.5, 0.6) is 0 Å². The Bertz CT molecular complexity index is 3540. The predicted molar refractivity (Wildman–Crippen MR) is 349 cm³/mol. The Balaban J connectivity index is 1.29. The van der Waals surface area contributed by atoms with Crippen LogP contribution < -0.4 is 26.2 Å². The summed E-state index contributed by atoms with van der Waals surface area (Å²) in [5, 5.41) is 0. The van der Waals surface area contributed by atoms with Crippen LogP contribution in [0.25, 0.3) is 44.5 Å². The van der Waals surface area contributed by atoms with E-state index in [1.54, 1.807) is 0 Å². The normalized spacial score (nSPS) is 12.8. The van der Waals surface area contributed by atoms with Gasteiger partial charge in [-0.1, -0.05) is 246 Å². The van der Waals surface area contributed by atoms with E-state index >= 15 is 0 Å². The highest BCUT2D eigenvalue weighted by molar-refractivity contribution is 7.00. The first-order valence-electron chi connectivity index (χ1n) is 30.5. The van der Waals surface area contributed by atoms with E-state index in [2.05, 4.69) is 266 Å². The van der Waals surface area contributed by atoms with Gasteiger partial charge in [0.15, 0.2) is 0 Å². The zero-order chi connectivity index (χ0) is 55.5. The molecule has 2 nitrogen and oxygen atoms in total. The maximum atomic E-state index is 2.74. The average Bonchev–Trinajstić information content (AvgIpc) is 1.74. The topological polar surface area (TPSA) is 6.48 Å². The number of para-hydroxylation sites is 1. The van der Waals surface area contributed by atoms with Crippen LogP contribution in [0.2, 0.25) is 0 Å². The second-order valence-electron chi connectivity index (χ2n) is 25.1. The van der Waals surface area contributed by atoms with Crippen molar-refractivity contribution in [1.29, 1.82) is 0 Å². The Labute approximate surface area is 481 Å². The molecule has 0 radical (unpaired) electrons. The summed E-state index contributed by atoms with van der Waals surface area (Å²) in [7, 11) is 0. The number of hydrogen-bond acceptors (Lipinski definition) is 2. The summed E-state index contributed by atoms with van der Waals surface area (Å²) in [6, 6.07) is 75.8. The molecule has 404 valence electrons. The van der Waals surface area contributed by atoms with Crippen LogP contribution in [-0.4, -0.2) is 6.71 Å². The number of unbranched alkanes of at least 4 members (excludes halogenated alkanes) is 6. The molecule has 0 bridgehead atoms. The monoisotopic (exact) mass is 1050 g/mol. The summed E-state index contributed by atoms with van der Waals surface area (Å²) >= 11 is 0. The Morgan fingerprint density at radius 2 is 0.700 bits per heavy atom. The minimum Gasteiger partial charge on any atom is -0.310 e. The minimum atomic E-state index is -0.103. The zero-order valence-electron chi connectivity index (χ0n) is 49.4. The van der Waals surface area contributed by atoms with Gasteiger partial charge in [0.2, 0.25) is 0 Å². The number of anilines is 6. The molecule has 9 aromatic rings. The lowest BCUT2D eigenvalue weighted by Gasteiger charge is -2.46. The molecule has 2 aliphatic rings. The molecule has 0 saturated carbocycles. The van der Waals surface area contributed by atoms with Crippen molar-refractivity contribution >= 4 is 57.2 Å². The zero-order valence-corrected chi connectivity index (χ0v) is 49.4. The van der Waals surface area contributed by atoms with Crippen molar-refractivity contribution < 1.29 is 0 Å². The molecule has 0 aromatic heterocycles. The van der Waals surface area contributed by atoms with E-state index in [-0.39, 0.29) is 17.5 Å². The lowest BCUT2D eigenvalue weighted by atomic mass is 9.33. The predicted octanol–water partition coefficient (Wildman–Crippen LogP) is 20.2. The molecule has 0 atom stereocenters. The van der Waals surface area contributed by atoms with Crippen LogP contribution in [-0.2, 0) is 30.1 Å². The van der Waals surface area contributed by atoms with Crippen LogP contribution in [0.4, 0.5) is 34.1 Å². The molecule has 0 spiro atoms. The third-order valence-electron chi connectivity index (χ3n) is 17.2. The maximum Gasteiger partial charge on any atom is 0.252 e. The lowest BCUT2D eigenvalue weighted by molar-refractivity contribution is 0.590. The summed E-state index contributed by atoms with van der Waals surface area (Å²) in [5.41, 5.74) is 28.2. The molecule has 0 amide bonds. The van der Waals surface area contributed by atoms with Gasteiger partial charge in [-0.25, -0.2) is 0 Å². The average molecular weight is 1050 g/mol. The van der Waals surface area contributed by atoms with Gasteiger partial charge in [0.05, 0.1) is 11.4 Å². The quantitative estimate of drug-likeness (QED) is 0.0624. The van der Waals surface area contributed by atoms with E-state index in [0.29, 0.717) is 0 Å². The molecule has 80 heavy (non-hydrogen) atoms. The molecule has 0 aliphatic carbocycles. The van der Waals surface area contributed by atoms with Crippen molar-refractivity contribution in [1.82, 2.24) is 0 Å². The Hall–Kier alpha value is -7.36. The van der Waals surface area contributed by atoms with Gasteiger partial charge < -0.3 is 9.80 Å². The number of aryl methyl sites for hydroxylation is 3. The second kappa shape index (κ2) is 23.4. The van der Waals surface area contributed by atoms with Crippen LogP contribution in [0.3, 0.4) is 0 Å². The van der Waals surface area contributed by atoms with E-state index in [0.717, 1.165) is 25.7 Å². The van der Waals surface area contributed by atoms with Gasteiger partial charge in [0, 0.05) is 45.0 Å². The Morgan fingerprint density at radius 3 is 1.14 bits per heavy atom. The first-order chi connectivity index (χ1) is 38.9. The van der Waals surface area contributed by atoms with Crippen molar-refractivity contribution in [2.24, 2.45) is 0 Å². The molecule has 3 heteroatoms. The van der Waals surface area contributed by atoms with Crippen molar-refractivity contribution in [3.8, 4) is 44.5 Å². The number of nitrogens with zero attached hydrogens (tertiary/aromatic N) is 2. The van der Waals surface area contributed by atoms with Crippen molar-refractivity contribution in [3.63, 3.8) is 0 Å². The number of benzene rings is 9. The fourth-order valence-electron chi connectivity index (χ4n) is 12.8. The molecule has 2 heterocycles. The molecule has 2 aliphatic heterocycles. The van der Waals surface area contributed by atoms with E-state index in [4.69, 9.17) is 0 Å². The molecule has 11 rings (SSSR count). The van der Waals surface area contributed by atoms with Gasteiger partial charge in [-0.3, -0.25) is 0 Å². The third-order valence-corrected chi connectivity index (χ3v) is 17.2. The summed E-state index contributed by atoms with van der Waals surface area (Å²) in [6.07, 6.45) is 13.9. The lowest BCUT2D eigenvalue weighted by Crippen LogP contribution is -2.61. The van der Waals surface area contributed by atoms with E-state index < -0.39 is 0 Å². The van der Waals surface area contributed by atoms with E-state index in [9.17, 15) is 0 Å². The van der Waals surface area contributed by atoms with Crippen molar-refractivity contribution in [2.75, 3.05) is 9.80 Å². The second-order valence-corrected chi connectivity index (χ2v) is 25.1. The van der Waals surface area contributed by atoms with Crippen LogP contribution in [0.1, 0.15) is 148 Å². The van der Waals surface area contributed by atoms with Crippen molar-refractivity contribution in [2.45, 2.75) is 150 Å². The van der Waals surface area contributed by atoms with Gasteiger partial charge in [0.25, 0.3) is 6.71 Å². The van der Waals surface area contributed by atoms with Crippen molar-refractivity contribution in [3.05, 3.63) is 222 Å². The van der Waals surface area contributed by atoms with Crippen LogP contribution in [0, 0.1) is 0 Å². The first-order valence-corrected chi connectivity index (χ1v) is 30.5. The fraction of sp³-hybridized carbons (Fsp3) is 0.299. The first kappa shape index (κ1) is 54.6. The molecule has 0 saturated heterocycles. The molecule has 0 unspecified atom stereocenters. The summed E-state index contributed by atoms with van der Waals surface area (Å²) in [5.74, 6) is 0. The van der Waals surface area contributed by atoms with Crippen LogP contribution >= 0.6 is 0 Å². The van der Waals surface area contributed by atoms with Gasteiger partial charge in [-0.2, -0.15) is 0 Å². The van der Waals surface area contributed by atoms with Gasteiger partial charge in [-0.15, -0.1) is 0 Å². The molecule has 9 aromatic carbocycles. The number of fused-ring (bicyclic) bond motifs is 4. The van der Waals surface area contributed by atoms with Gasteiger partial charge in [0.1, 0.15) is 0 Å². The van der Waals surface area contributed by atoms with E-state index in [1.807, 2.05) is 0 Å². The highest BCUT2D eigenvalue weighted by Crippen LogP contribution is 2.54. The Kier molecular flexibility index (Phi) is 16.0. The fourth-order valence-corrected chi connectivity index (χ4v) is 12.8. The highest BCUT2D eigenvalue weighted by Gasteiger charge is 2.45. The number of hydrogen-bond donors (Lipinski definition) is 0. The summed E-state index contributed by atoms with van der Waals surface area (Å²) in [4.78, 5) is 5.48. The van der Waals surface area contributed by atoms with Crippen LogP contribution in [0.15, 0.2) is 194 Å². The highest BCUT2D eigenvalue weighted by atomic mass is 15.2. The maximum absolute atomic E-state index is 2.74. The SMILES string of the molecule is CCCCCc1ccc(-c2cc(C(C)(C)C)cc(-c3ccccc3)c2N2c3ccccc3B3c4cc(CCCCC)ccc4N(c4c(-c5ccccc5)cc(C(C)(C)C)cc4-c4ccccc4)c4cc(CCCCC)cc2c43)cc1. The summed E-state index contributed by atoms with van der Waals surface area (Å²) in [6.45, 7) is 21.1. The Morgan fingerprint density at radius 1 is 0.325 bits per heavy atom. The third kappa shape index (κ3) is 10.9. The van der Waals surface area contributed by atoms with E-state index in [1.165, 1.54) is 174 Å². The largest absolute Gasteiger partial charge is 0.310 e. The van der Waals surface area contributed by atoms with Gasteiger partial charge in [-0.05, 0) is 164 Å². The molecular weight excluding hydrogens is 964 g/mol.